The van der Waals surface area contributed by atoms with Gasteiger partial charge in [-0.1, -0.05) is 12.1 Å². The molecule has 12 heteroatoms. The maximum Gasteiger partial charge on any atom is 0.337 e. The Morgan fingerprint density at radius 3 is 2.55 bits per heavy atom. The van der Waals surface area contributed by atoms with Crippen LogP contribution in [0, 0.1) is 0 Å². The van der Waals surface area contributed by atoms with Crippen molar-refractivity contribution in [3.63, 3.8) is 0 Å². The van der Waals surface area contributed by atoms with Crippen LogP contribution >= 0.6 is 12.2 Å². The largest absolute Gasteiger partial charge is 0.495 e. The van der Waals surface area contributed by atoms with Crippen molar-refractivity contribution in [1.82, 2.24) is 14.9 Å². The Bertz CT molecular complexity index is 1670. The van der Waals surface area contributed by atoms with E-state index in [0.717, 1.165) is 23.3 Å². The van der Waals surface area contributed by atoms with Crippen LogP contribution in [-0.2, 0) is 14.8 Å². The van der Waals surface area contributed by atoms with Gasteiger partial charge in [0.25, 0.3) is 0 Å². The maximum atomic E-state index is 12.2. The molecule has 1 fully saturated rings. The highest BCUT2D eigenvalue weighted by Crippen LogP contribution is 2.44. The summed E-state index contributed by atoms with van der Waals surface area (Å²) in [6.07, 6.45) is 4.71. The Hall–Kier alpha value is -4.42. The molecule has 1 aliphatic rings. The molecule has 0 aliphatic carbocycles. The zero-order valence-corrected chi connectivity index (χ0v) is 23.6. The van der Waals surface area contributed by atoms with E-state index in [4.69, 9.17) is 21.7 Å². The summed E-state index contributed by atoms with van der Waals surface area (Å²) < 4.78 is 39.0. The zero-order chi connectivity index (χ0) is 28.4. The third-order valence-corrected chi connectivity index (χ3v) is 7.39. The van der Waals surface area contributed by atoms with Crippen LogP contribution in [0.4, 0.5) is 11.4 Å². The second-order valence-corrected chi connectivity index (χ2v) is 11.2. The summed E-state index contributed by atoms with van der Waals surface area (Å²) in [5.41, 5.74) is 3.74. The highest BCUT2D eigenvalue weighted by Gasteiger charge is 2.42. The van der Waals surface area contributed by atoms with Crippen molar-refractivity contribution in [3.05, 3.63) is 102 Å². The third kappa shape index (κ3) is 5.36. The van der Waals surface area contributed by atoms with E-state index < -0.39 is 22.0 Å². The number of benzene rings is 2. The number of nitrogens with zero attached hydrogens (tertiary/aromatic N) is 3. The summed E-state index contributed by atoms with van der Waals surface area (Å²) in [5, 5.41) is 3.85. The van der Waals surface area contributed by atoms with Crippen LogP contribution < -0.4 is 19.7 Å². The van der Waals surface area contributed by atoms with E-state index >= 15 is 0 Å². The number of sulfonamides is 1. The number of aromatic nitrogens is 2. The predicted molar refractivity (Wildman–Crippen MR) is 157 cm³/mol. The first-order valence-electron chi connectivity index (χ1n) is 12.2. The van der Waals surface area contributed by atoms with E-state index in [9.17, 15) is 13.2 Å². The Balaban J connectivity index is 1.66. The highest BCUT2D eigenvalue weighted by atomic mass is 32.2. The average molecular weight is 578 g/mol. The van der Waals surface area contributed by atoms with Crippen molar-refractivity contribution in [2.75, 3.05) is 30.1 Å². The van der Waals surface area contributed by atoms with Gasteiger partial charge in [-0.25, -0.2) is 13.2 Å². The van der Waals surface area contributed by atoms with Crippen molar-refractivity contribution in [1.29, 1.82) is 0 Å². The lowest BCUT2D eigenvalue weighted by Crippen LogP contribution is -2.30. The van der Waals surface area contributed by atoms with Crippen LogP contribution in [0.5, 0.6) is 5.75 Å². The molecule has 0 saturated carbocycles. The molecule has 3 heterocycles. The molecule has 0 bridgehead atoms. The number of nitrogens with one attached hydrogen (secondary N) is 2. The topological polar surface area (TPSA) is 115 Å². The number of rotatable bonds is 8. The highest BCUT2D eigenvalue weighted by molar-refractivity contribution is 7.92. The fraction of sp³-hybridized carbons (Fsp3) is 0.179. The number of methoxy groups -OCH3 is 2. The Morgan fingerprint density at radius 1 is 1.02 bits per heavy atom. The molecule has 2 aromatic heterocycles. The summed E-state index contributed by atoms with van der Waals surface area (Å²) in [6, 6.07) is 21.2. The SMILES string of the molecule is COC(=O)c1cccc(-n2cccc2[C@H]2[C@H](c3ccccn3)NC(=S)N2c2ccc(OC)c(NS(C)(=O)=O)c2)c1. The van der Waals surface area contributed by atoms with Gasteiger partial charge < -0.3 is 24.3 Å². The van der Waals surface area contributed by atoms with E-state index in [2.05, 4.69) is 15.0 Å². The number of ether oxygens (including phenoxy) is 2. The lowest BCUT2D eigenvalue weighted by atomic mass is 10.0. The lowest BCUT2D eigenvalue weighted by molar-refractivity contribution is 0.0600. The van der Waals surface area contributed by atoms with Crippen molar-refractivity contribution < 1.29 is 22.7 Å². The minimum atomic E-state index is -3.58. The molecule has 10 nitrogen and oxygen atoms in total. The number of hydrogen-bond donors (Lipinski definition) is 2. The Kier molecular flexibility index (Phi) is 7.46. The van der Waals surface area contributed by atoms with Crippen LogP contribution in [0.2, 0.25) is 0 Å². The van der Waals surface area contributed by atoms with E-state index in [1.54, 1.807) is 36.5 Å². The number of hydrogen-bond acceptors (Lipinski definition) is 7. The molecular weight excluding hydrogens is 550 g/mol. The molecule has 0 unspecified atom stereocenters. The lowest BCUT2D eigenvalue weighted by Gasteiger charge is -2.29. The number of anilines is 2. The van der Waals surface area contributed by atoms with Crippen LogP contribution in [0.15, 0.2) is 85.2 Å². The number of pyridine rings is 1. The van der Waals surface area contributed by atoms with Gasteiger partial charge in [-0.15, -0.1) is 0 Å². The van der Waals surface area contributed by atoms with Crippen molar-refractivity contribution in [2.24, 2.45) is 0 Å². The van der Waals surface area contributed by atoms with Gasteiger partial charge in [0.15, 0.2) is 5.11 Å². The fourth-order valence-corrected chi connectivity index (χ4v) is 5.73. The van der Waals surface area contributed by atoms with Crippen molar-refractivity contribution in [3.8, 4) is 11.4 Å². The molecule has 2 aromatic carbocycles. The van der Waals surface area contributed by atoms with Gasteiger partial charge in [-0.05, 0) is 72.9 Å². The van der Waals surface area contributed by atoms with Crippen LogP contribution in [0.3, 0.4) is 0 Å². The zero-order valence-electron chi connectivity index (χ0n) is 21.9. The minimum Gasteiger partial charge on any atom is -0.495 e. The van der Waals surface area contributed by atoms with Gasteiger partial charge in [-0.3, -0.25) is 9.71 Å². The second-order valence-electron chi connectivity index (χ2n) is 9.10. The number of carbonyl (C=O) groups is 1. The summed E-state index contributed by atoms with van der Waals surface area (Å²) in [6.45, 7) is 0. The summed E-state index contributed by atoms with van der Waals surface area (Å²) >= 11 is 5.84. The number of carbonyl (C=O) groups excluding carboxylic acids is 1. The molecule has 0 radical (unpaired) electrons. The fourth-order valence-electron chi connectivity index (χ4n) is 4.83. The summed E-state index contributed by atoms with van der Waals surface area (Å²) in [7, 11) is -0.762. The van der Waals surface area contributed by atoms with E-state index in [1.807, 2.05) is 58.1 Å². The third-order valence-electron chi connectivity index (χ3n) is 6.48. The first-order chi connectivity index (χ1) is 19.2. The second kappa shape index (κ2) is 11.0. The van der Waals surface area contributed by atoms with Crippen LogP contribution in [0.1, 0.15) is 33.8 Å². The van der Waals surface area contributed by atoms with Crippen LogP contribution in [-0.4, -0.2) is 49.5 Å². The summed E-state index contributed by atoms with van der Waals surface area (Å²) in [4.78, 5) is 18.8. The molecule has 4 aromatic rings. The monoisotopic (exact) mass is 577 g/mol. The molecule has 2 atom stereocenters. The first-order valence-corrected chi connectivity index (χ1v) is 14.5. The van der Waals surface area contributed by atoms with E-state index in [0.29, 0.717) is 22.1 Å². The van der Waals surface area contributed by atoms with Gasteiger partial charge in [0.1, 0.15) is 11.8 Å². The molecule has 0 amide bonds. The van der Waals surface area contributed by atoms with Crippen LogP contribution in [0.25, 0.3) is 5.69 Å². The number of esters is 1. The quantitative estimate of drug-likeness (QED) is 0.235. The normalized spacial score (nSPS) is 16.9. The molecule has 5 rings (SSSR count). The molecule has 0 spiro atoms. The van der Waals surface area contributed by atoms with Gasteiger partial charge in [0.05, 0.1) is 43.5 Å². The van der Waals surface area contributed by atoms with Gasteiger partial charge >= 0.3 is 5.97 Å². The predicted octanol–water partition coefficient (Wildman–Crippen LogP) is 4.22. The van der Waals surface area contributed by atoms with Gasteiger partial charge in [0, 0.05) is 29.5 Å². The molecule has 1 aliphatic heterocycles. The van der Waals surface area contributed by atoms with E-state index in [1.165, 1.54) is 14.2 Å². The standard InChI is InChI=1S/C28H27N5O5S2/c1-37-24-13-12-20(17-22(24)31-40(3,35)36)33-26(25(30-28(33)39)21-10-4-5-14-29-21)23-11-7-15-32(23)19-9-6-8-18(16-19)27(34)38-2/h4-17,25-26,31H,1-3H3,(H,30,39)/t25-,26-/m0/s1. The smallest absolute Gasteiger partial charge is 0.337 e. The van der Waals surface area contributed by atoms with E-state index in [-0.39, 0.29) is 11.7 Å². The number of thiocarbonyl (C=S) groups is 1. The summed E-state index contributed by atoms with van der Waals surface area (Å²) in [5.74, 6) is -0.0653. The average Bonchev–Trinajstić information content (AvgIpc) is 3.56. The van der Waals surface area contributed by atoms with Crippen molar-refractivity contribution >= 4 is 44.7 Å². The Labute approximate surface area is 237 Å². The molecule has 40 heavy (non-hydrogen) atoms. The Morgan fingerprint density at radius 2 is 1.85 bits per heavy atom. The molecule has 206 valence electrons. The minimum absolute atomic E-state index is 0.284. The van der Waals surface area contributed by atoms with Gasteiger partial charge in [-0.2, -0.15) is 0 Å². The first kappa shape index (κ1) is 27.2. The maximum absolute atomic E-state index is 12.2. The van der Waals surface area contributed by atoms with Gasteiger partial charge in [0.2, 0.25) is 10.0 Å². The molecule has 2 N–H and O–H groups in total. The molecule has 1 saturated heterocycles. The van der Waals surface area contributed by atoms with Crippen molar-refractivity contribution in [2.45, 2.75) is 12.1 Å². The molecular formula is C28H27N5O5S2.